The van der Waals surface area contributed by atoms with Gasteiger partial charge >= 0.3 is 0 Å². The molecule has 3 N–H and O–H groups in total. The largest absolute Gasteiger partial charge is 0.392 e. The molecule has 122 valence electrons. The van der Waals surface area contributed by atoms with Crippen molar-refractivity contribution in [3.8, 4) is 0 Å². The highest BCUT2D eigenvalue weighted by Crippen LogP contribution is 2.48. The Morgan fingerprint density at radius 2 is 1.90 bits per heavy atom. The minimum Gasteiger partial charge on any atom is -0.392 e. The van der Waals surface area contributed by atoms with Crippen molar-refractivity contribution in [1.82, 2.24) is 5.32 Å². The number of rotatable bonds is 11. The molecule has 0 bridgehead atoms. The van der Waals surface area contributed by atoms with Gasteiger partial charge in [-0.1, -0.05) is 38.9 Å². The summed E-state index contributed by atoms with van der Waals surface area (Å²) in [7, 11) is 1.72. The molecule has 0 radical (unpaired) electrons. The zero-order valence-electron chi connectivity index (χ0n) is 13.7. The standard InChI is InChI=1S/C16H30N2O2S/c1-4-6-16(7-5-2,13(17)21)14(19)18-12-15(8-9-15)10-11-20-3/h4-12H2,1-3H3,(H2,17,21)(H,18,19). The fraction of sp³-hybridized carbons (Fsp3) is 0.875. The molecular weight excluding hydrogens is 284 g/mol. The number of carbonyl (C=O) groups is 1. The minimum atomic E-state index is -0.670. The highest BCUT2D eigenvalue weighted by atomic mass is 32.1. The van der Waals surface area contributed by atoms with Crippen molar-refractivity contribution in [2.45, 2.75) is 58.8 Å². The second kappa shape index (κ2) is 8.08. The smallest absolute Gasteiger partial charge is 0.233 e. The van der Waals surface area contributed by atoms with Crippen LogP contribution in [0.3, 0.4) is 0 Å². The zero-order valence-corrected chi connectivity index (χ0v) is 14.5. The van der Waals surface area contributed by atoms with Crippen molar-refractivity contribution in [3.05, 3.63) is 0 Å². The predicted octanol–water partition coefficient (Wildman–Crippen LogP) is 2.79. The predicted molar refractivity (Wildman–Crippen MR) is 90.2 cm³/mol. The van der Waals surface area contributed by atoms with Crippen LogP contribution in [0.2, 0.25) is 0 Å². The number of ether oxygens (including phenoxy) is 1. The summed E-state index contributed by atoms with van der Waals surface area (Å²) in [5, 5.41) is 3.12. The van der Waals surface area contributed by atoms with Crippen LogP contribution >= 0.6 is 12.2 Å². The lowest BCUT2D eigenvalue weighted by molar-refractivity contribution is -0.128. The van der Waals surface area contributed by atoms with E-state index >= 15 is 0 Å². The molecule has 5 heteroatoms. The van der Waals surface area contributed by atoms with Gasteiger partial charge in [0.2, 0.25) is 5.91 Å². The second-order valence-corrected chi connectivity index (χ2v) is 6.81. The maximum absolute atomic E-state index is 12.7. The first-order valence-corrected chi connectivity index (χ1v) is 8.44. The van der Waals surface area contributed by atoms with Crippen LogP contribution in [0.4, 0.5) is 0 Å². The SMILES string of the molecule is CCCC(CCC)(C(=O)NCC1(CCOC)CC1)C(N)=S. The van der Waals surface area contributed by atoms with Crippen LogP contribution in [0.25, 0.3) is 0 Å². The molecule has 0 atom stereocenters. The van der Waals surface area contributed by atoms with Gasteiger partial charge < -0.3 is 15.8 Å². The van der Waals surface area contributed by atoms with E-state index in [9.17, 15) is 4.79 Å². The average Bonchev–Trinajstić information content (AvgIpc) is 3.22. The highest BCUT2D eigenvalue weighted by Gasteiger charge is 2.45. The Morgan fingerprint density at radius 1 is 1.33 bits per heavy atom. The molecule has 1 saturated carbocycles. The third-order valence-electron chi connectivity index (χ3n) is 4.68. The molecule has 1 aliphatic carbocycles. The molecule has 0 saturated heterocycles. The fourth-order valence-corrected chi connectivity index (χ4v) is 3.31. The van der Waals surface area contributed by atoms with Crippen molar-refractivity contribution in [1.29, 1.82) is 0 Å². The number of methoxy groups -OCH3 is 1. The van der Waals surface area contributed by atoms with Crippen LogP contribution in [-0.2, 0) is 9.53 Å². The summed E-state index contributed by atoms with van der Waals surface area (Å²) in [4.78, 5) is 13.1. The maximum atomic E-state index is 12.7. The van der Waals surface area contributed by atoms with Gasteiger partial charge in [-0.3, -0.25) is 4.79 Å². The molecule has 1 aliphatic rings. The van der Waals surface area contributed by atoms with Crippen LogP contribution in [0, 0.1) is 10.8 Å². The Labute approximate surface area is 134 Å². The van der Waals surface area contributed by atoms with Gasteiger partial charge in [-0.25, -0.2) is 0 Å². The Balaban J connectivity index is 2.66. The molecule has 0 aromatic heterocycles. The van der Waals surface area contributed by atoms with Gasteiger partial charge in [0.25, 0.3) is 0 Å². The lowest BCUT2D eigenvalue weighted by Crippen LogP contribution is -2.50. The van der Waals surface area contributed by atoms with Crippen LogP contribution in [0.1, 0.15) is 58.8 Å². The Bertz CT molecular complexity index is 361. The Hall–Kier alpha value is -0.680. The number of hydrogen-bond donors (Lipinski definition) is 2. The Kier molecular flexibility index (Phi) is 7.07. The van der Waals surface area contributed by atoms with Crippen LogP contribution < -0.4 is 11.1 Å². The zero-order chi connectivity index (χ0) is 15.9. The lowest BCUT2D eigenvalue weighted by Gasteiger charge is -2.32. The van der Waals surface area contributed by atoms with Gasteiger partial charge in [-0.15, -0.1) is 0 Å². The molecule has 0 aromatic carbocycles. The molecular formula is C16H30N2O2S. The minimum absolute atomic E-state index is 0.0161. The van der Waals surface area contributed by atoms with Crippen molar-refractivity contribution in [3.63, 3.8) is 0 Å². The number of carbonyl (C=O) groups excluding carboxylic acids is 1. The van der Waals surface area contributed by atoms with Gasteiger partial charge in [0, 0.05) is 20.3 Å². The van der Waals surface area contributed by atoms with Gasteiger partial charge in [0.05, 0.1) is 10.4 Å². The summed E-state index contributed by atoms with van der Waals surface area (Å²) in [6.07, 6.45) is 6.60. The number of nitrogens with one attached hydrogen (secondary N) is 1. The Morgan fingerprint density at radius 3 is 2.29 bits per heavy atom. The number of amides is 1. The quantitative estimate of drug-likeness (QED) is 0.576. The molecule has 0 aliphatic heterocycles. The van der Waals surface area contributed by atoms with Crippen molar-refractivity contribution >= 4 is 23.1 Å². The van der Waals surface area contributed by atoms with E-state index in [1.807, 2.05) is 0 Å². The average molecular weight is 314 g/mol. The molecule has 0 unspecified atom stereocenters. The van der Waals surface area contributed by atoms with Crippen LogP contribution in [0.5, 0.6) is 0 Å². The fourth-order valence-electron chi connectivity index (χ4n) is 3.01. The molecule has 4 nitrogen and oxygen atoms in total. The maximum Gasteiger partial charge on any atom is 0.233 e. The molecule has 0 heterocycles. The summed E-state index contributed by atoms with van der Waals surface area (Å²) in [5.41, 5.74) is 5.50. The summed E-state index contributed by atoms with van der Waals surface area (Å²) in [6.45, 7) is 5.60. The third kappa shape index (κ3) is 4.65. The summed E-state index contributed by atoms with van der Waals surface area (Å²) >= 11 is 5.23. The van der Waals surface area contributed by atoms with Gasteiger partial charge in [0.1, 0.15) is 0 Å². The van der Waals surface area contributed by atoms with Crippen LogP contribution in [-0.4, -0.2) is 31.2 Å². The van der Waals surface area contributed by atoms with E-state index in [0.29, 0.717) is 11.5 Å². The first-order valence-electron chi connectivity index (χ1n) is 8.03. The van der Waals surface area contributed by atoms with Crippen LogP contribution in [0.15, 0.2) is 0 Å². The van der Waals surface area contributed by atoms with E-state index in [1.165, 1.54) is 0 Å². The van der Waals surface area contributed by atoms with E-state index in [0.717, 1.165) is 51.6 Å². The van der Waals surface area contributed by atoms with E-state index in [-0.39, 0.29) is 11.3 Å². The monoisotopic (exact) mass is 314 g/mol. The number of thiocarbonyl (C=S) groups is 1. The summed E-state index contributed by atoms with van der Waals surface area (Å²) < 4.78 is 5.15. The van der Waals surface area contributed by atoms with E-state index < -0.39 is 5.41 Å². The third-order valence-corrected chi connectivity index (χ3v) is 5.07. The molecule has 0 spiro atoms. The number of nitrogens with two attached hydrogens (primary N) is 1. The van der Waals surface area contributed by atoms with Gasteiger partial charge in [-0.05, 0) is 37.5 Å². The van der Waals surface area contributed by atoms with E-state index in [2.05, 4.69) is 19.2 Å². The molecule has 1 rings (SSSR count). The van der Waals surface area contributed by atoms with Gasteiger partial charge in [0.15, 0.2) is 0 Å². The molecule has 1 amide bonds. The highest BCUT2D eigenvalue weighted by molar-refractivity contribution is 7.80. The van der Waals surface area contributed by atoms with E-state index in [4.69, 9.17) is 22.7 Å². The molecule has 1 fully saturated rings. The summed E-state index contributed by atoms with van der Waals surface area (Å²) in [6, 6.07) is 0. The first-order chi connectivity index (χ1) is 9.96. The van der Waals surface area contributed by atoms with E-state index in [1.54, 1.807) is 7.11 Å². The number of hydrogen-bond acceptors (Lipinski definition) is 3. The molecule has 0 aromatic rings. The van der Waals surface area contributed by atoms with Crippen molar-refractivity contribution in [2.24, 2.45) is 16.6 Å². The van der Waals surface area contributed by atoms with Crippen molar-refractivity contribution < 1.29 is 9.53 Å². The topological polar surface area (TPSA) is 64.3 Å². The van der Waals surface area contributed by atoms with Crippen molar-refractivity contribution in [2.75, 3.05) is 20.3 Å². The second-order valence-electron chi connectivity index (χ2n) is 6.37. The summed E-state index contributed by atoms with van der Waals surface area (Å²) in [5.74, 6) is 0.0161. The normalized spacial score (nSPS) is 16.5. The van der Waals surface area contributed by atoms with Gasteiger partial charge in [-0.2, -0.15) is 0 Å². The lowest BCUT2D eigenvalue weighted by atomic mass is 9.78. The first kappa shape index (κ1) is 18.4. The molecule has 21 heavy (non-hydrogen) atoms.